The summed E-state index contributed by atoms with van der Waals surface area (Å²) < 4.78 is 6.14. The maximum absolute atomic E-state index is 13.8. The molecule has 11 heteroatoms. The van der Waals surface area contributed by atoms with Crippen LogP contribution in [-0.2, 0) is 6.54 Å². The van der Waals surface area contributed by atoms with Crippen molar-refractivity contribution in [3.05, 3.63) is 82.2 Å². The lowest BCUT2D eigenvalue weighted by molar-refractivity contribution is 0.0686. The van der Waals surface area contributed by atoms with Gasteiger partial charge in [-0.1, -0.05) is 6.08 Å². The van der Waals surface area contributed by atoms with E-state index in [9.17, 15) is 4.79 Å². The Morgan fingerprint density at radius 2 is 2.03 bits per heavy atom. The number of ether oxygens (including phenoxy) is 1. The number of rotatable bonds is 8. The standard InChI is InChI=1S/C23H21IN8O2/c1-3-18(22-26-8-5-9-27-22)32(13-16-6-7-19(31-30-16)34-4-2)23(33)15-10-14-11-17(24)20(25)29-21(14)28-12-15/h3,5-12,18H,1,4,13H2,2H3,(H2,25,28,29)/t18-/m1/s1. The lowest BCUT2D eigenvalue weighted by Gasteiger charge is -2.28. The van der Waals surface area contributed by atoms with Crippen LogP contribution >= 0.6 is 22.6 Å². The molecule has 0 radical (unpaired) electrons. The van der Waals surface area contributed by atoms with Crippen LogP contribution in [0.3, 0.4) is 0 Å². The molecule has 4 heterocycles. The highest BCUT2D eigenvalue weighted by Crippen LogP contribution is 2.25. The van der Waals surface area contributed by atoms with Crippen molar-refractivity contribution in [2.75, 3.05) is 12.3 Å². The number of carbonyl (C=O) groups excluding carboxylic acids is 1. The molecule has 0 aliphatic carbocycles. The van der Waals surface area contributed by atoms with Gasteiger partial charge in [-0.05, 0) is 53.8 Å². The second kappa shape index (κ2) is 10.5. The molecule has 34 heavy (non-hydrogen) atoms. The zero-order valence-electron chi connectivity index (χ0n) is 18.3. The Kier molecular flexibility index (Phi) is 7.21. The van der Waals surface area contributed by atoms with Gasteiger partial charge in [0.05, 0.1) is 28.0 Å². The van der Waals surface area contributed by atoms with Crippen molar-refractivity contribution < 1.29 is 9.53 Å². The molecule has 4 rings (SSSR count). The first kappa shape index (κ1) is 23.4. The van der Waals surface area contributed by atoms with E-state index in [1.807, 2.05) is 13.0 Å². The first-order chi connectivity index (χ1) is 16.5. The molecule has 2 N–H and O–H groups in total. The second-order valence-corrected chi connectivity index (χ2v) is 8.30. The van der Waals surface area contributed by atoms with E-state index in [1.165, 1.54) is 6.20 Å². The van der Waals surface area contributed by atoms with Crippen molar-refractivity contribution in [2.45, 2.75) is 19.5 Å². The third kappa shape index (κ3) is 5.09. The molecule has 4 aromatic rings. The fourth-order valence-electron chi connectivity index (χ4n) is 3.30. The predicted molar refractivity (Wildman–Crippen MR) is 135 cm³/mol. The third-order valence-corrected chi connectivity index (χ3v) is 5.75. The molecule has 1 atom stereocenters. The van der Waals surface area contributed by atoms with Crippen LogP contribution in [0.5, 0.6) is 5.88 Å². The number of aromatic nitrogens is 6. The van der Waals surface area contributed by atoms with E-state index in [1.54, 1.807) is 47.6 Å². The highest BCUT2D eigenvalue weighted by Gasteiger charge is 2.27. The van der Waals surface area contributed by atoms with Crippen LogP contribution in [0, 0.1) is 3.57 Å². The summed E-state index contributed by atoms with van der Waals surface area (Å²) >= 11 is 2.10. The van der Waals surface area contributed by atoms with E-state index in [2.05, 4.69) is 59.3 Å². The zero-order valence-corrected chi connectivity index (χ0v) is 20.5. The molecule has 10 nitrogen and oxygen atoms in total. The molecule has 4 aromatic heterocycles. The van der Waals surface area contributed by atoms with Gasteiger partial charge in [0, 0.05) is 30.0 Å². The topological polar surface area (TPSA) is 133 Å². The number of nitrogens with zero attached hydrogens (tertiary/aromatic N) is 7. The van der Waals surface area contributed by atoms with Crippen molar-refractivity contribution in [1.29, 1.82) is 0 Å². The molecule has 0 bridgehead atoms. The third-order valence-electron chi connectivity index (χ3n) is 4.89. The number of hydrogen-bond donors (Lipinski definition) is 1. The van der Waals surface area contributed by atoms with Gasteiger partial charge < -0.3 is 15.4 Å². The molecule has 0 aliphatic heterocycles. The average molecular weight is 568 g/mol. The molecule has 0 aliphatic rings. The van der Waals surface area contributed by atoms with E-state index in [0.717, 1.165) is 3.57 Å². The summed E-state index contributed by atoms with van der Waals surface area (Å²) in [7, 11) is 0. The Labute approximate surface area is 209 Å². The first-order valence-electron chi connectivity index (χ1n) is 10.4. The largest absolute Gasteiger partial charge is 0.477 e. The molecule has 172 valence electrons. The van der Waals surface area contributed by atoms with E-state index in [4.69, 9.17) is 10.5 Å². The molecular weight excluding hydrogens is 547 g/mol. The SMILES string of the molecule is C=C[C@H](c1ncccn1)N(Cc1ccc(OCC)nn1)C(=O)c1cnc2nc(N)c(I)cc2c1. The fourth-order valence-corrected chi connectivity index (χ4v) is 3.75. The minimum Gasteiger partial charge on any atom is -0.477 e. The number of nitrogen functional groups attached to an aromatic ring is 1. The Morgan fingerprint density at radius 1 is 1.24 bits per heavy atom. The maximum atomic E-state index is 13.8. The summed E-state index contributed by atoms with van der Waals surface area (Å²) in [5, 5.41) is 8.99. The Morgan fingerprint density at radius 3 is 2.71 bits per heavy atom. The number of halogens is 1. The molecule has 0 fully saturated rings. The number of anilines is 1. The molecule has 0 saturated carbocycles. The smallest absolute Gasteiger partial charge is 0.256 e. The van der Waals surface area contributed by atoms with Gasteiger partial charge in [-0.15, -0.1) is 11.7 Å². The van der Waals surface area contributed by atoms with Gasteiger partial charge in [0.25, 0.3) is 5.91 Å². The van der Waals surface area contributed by atoms with Gasteiger partial charge in [-0.2, -0.15) is 5.10 Å². The van der Waals surface area contributed by atoms with Crippen LogP contribution < -0.4 is 10.5 Å². The fraction of sp³-hybridized carbons (Fsp3) is 0.174. The molecular formula is C23H21IN8O2. The lowest BCUT2D eigenvalue weighted by Crippen LogP contribution is -2.35. The quantitative estimate of drug-likeness (QED) is 0.251. The van der Waals surface area contributed by atoms with Crippen LogP contribution in [0.15, 0.2) is 61.6 Å². The Balaban J connectivity index is 1.73. The summed E-state index contributed by atoms with van der Waals surface area (Å²) in [5.41, 5.74) is 7.29. The van der Waals surface area contributed by atoms with E-state index in [0.29, 0.717) is 46.4 Å². The number of nitrogens with two attached hydrogens (primary N) is 1. The van der Waals surface area contributed by atoms with Gasteiger partial charge in [0.2, 0.25) is 5.88 Å². The molecule has 0 aromatic carbocycles. The summed E-state index contributed by atoms with van der Waals surface area (Å²) in [5.74, 6) is 0.941. The minimum absolute atomic E-state index is 0.142. The van der Waals surface area contributed by atoms with E-state index in [-0.39, 0.29) is 12.5 Å². The number of hydrogen-bond acceptors (Lipinski definition) is 9. The molecule has 1 amide bonds. The normalized spacial score (nSPS) is 11.7. The monoisotopic (exact) mass is 568 g/mol. The Hall–Kier alpha value is -3.74. The van der Waals surface area contributed by atoms with E-state index < -0.39 is 6.04 Å². The highest BCUT2D eigenvalue weighted by atomic mass is 127. The molecule has 0 unspecified atom stereocenters. The van der Waals surface area contributed by atoms with Crippen LogP contribution in [0.2, 0.25) is 0 Å². The zero-order chi connectivity index (χ0) is 24.1. The summed E-state index contributed by atoms with van der Waals surface area (Å²) in [6.45, 7) is 6.41. The van der Waals surface area contributed by atoms with Gasteiger partial charge in [-0.25, -0.2) is 19.9 Å². The van der Waals surface area contributed by atoms with E-state index >= 15 is 0 Å². The van der Waals surface area contributed by atoms with Crippen LogP contribution in [0.1, 0.15) is 34.8 Å². The first-order valence-corrected chi connectivity index (χ1v) is 11.5. The highest BCUT2D eigenvalue weighted by molar-refractivity contribution is 14.1. The number of carbonyl (C=O) groups is 1. The summed E-state index contributed by atoms with van der Waals surface area (Å²) in [4.78, 5) is 32.6. The van der Waals surface area contributed by atoms with Gasteiger partial charge in [0.15, 0.2) is 11.5 Å². The van der Waals surface area contributed by atoms with Crippen molar-refractivity contribution in [2.24, 2.45) is 0 Å². The van der Waals surface area contributed by atoms with Crippen LogP contribution in [-0.4, -0.2) is 47.5 Å². The van der Waals surface area contributed by atoms with Crippen LogP contribution in [0.4, 0.5) is 5.82 Å². The van der Waals surface area contributed by atoms with Gasteiger partial charge >= 0.3 is 0 Å². The van der Waals surface area contributed by atoms with Crippen molar-refractivity contribution in [1.82, 2.24) is 35.0 Å². The number of amides is 1. The predicted octanol–water partition coefficient (Wildman–Crippen LogP) is 3.37. The Bertz CT molecular complexity index is 1320. The van der Waals surface area contributed by atoms with Crippen molar-refractivity contribution >= 4 is 45.3 Å². The average Bonchev–Trinajstić information content (AvgIpc) is 2.86. The van der Waals surface area contributed by atoms with Gasteiger partial charge in [0.1, 0.15) is 11.9 Å². The van der Waals surface area contributed by atoms with Crippen LogP contribution in [0.25, 0.3) is 11.0 Å². The second-order valence-electron chi connectivity index (χ2n) is 7.14. The summed E-state index contributed by atoms with van der Waals surface area (Å²) in [6.07, 6.45) is 6.34. The van der Waals surface area contributed by atoms with Gasteiger partial charge in [-0.3, -0.25) is 4.79 Å². The minimum atomic E-state index is -0.609. The van der Waals surface area contributed by atoms with Crippen molar-refractivity contribution in [3.8, 4) is 5.88 Å². The number of pyridine rings is 2. The molecule has 0 spiro atoms. The lowest BCUT2D eigenvalue weighted by atomic mass is 10.1. The maximum Gasteiger partial charge on any atom is 0.256 e. The van der Waals surface area contributed by atoms with Crippen molar-refractivity contribution in [3.63, 3.8) is 0 Å². The summed E-state index contributed by atoms with van der Waals surface area (Å²) in [6, 6.07) is 8.16. The molecule has 0 saturated heterocycles. The number of fused-ring (bicyclic) bond motifs is 1.